The fourth-order valence-electron chi connectivity index (χ4n) is 1.50. The van der Waals surface area contributed by atoms with Crippen molar-refractivity contribution in [3.63, 3.8) is 0 Å². The van der Waals surface area contributed by atoms with Crippen LogP contribution in [0.5, 0.6) is 5.75 Å². The van der Waals surface area contributed by atoms with Gasteiger partial charge in [0.25, 0.3) is 0 Å². The van der Waals surface area contributed by atoms with Gasteiger partial charge in [-0.1, -0.05) is 23.5 Å². The molecule has 3 aromatic rings. The standard InChI is InChI=1S/C11H6BrN3OS2/c12-10-14-15-11(18-10)13-5-8-9(16)6-3-1-2-4-7(6)17-8/h1-5,16H. The van der Waals surface area contributed by atoms with Crippen LogP contribution in [0.4, 0.5) is 5.13 Å². The van der Waals surface area contributed by atoms with Crippen molar-refractivity contribution >= 4 is 60.0 Å². The first-order chi connectivity index (χ1) is 8.74. The summed E-state index contributed by atoms with van der Waals surface area (Å²) >= 11 is 6.06. The number of aromatic nitrogens is 2. The minimum atomic E-state index is 0.267. The first-order valence-electron chi connectivity index (χ1n) is 4.97. The van der Waals surface area contributed by atoms with Crippen LogP contribution >= 0.6 is 38.6 Å². The van der Waals surface area contributed by atoms with Crippen LogP contribution < -0.4 is 0 Å². The second-order valence-corrected chi connectivity index (χ2v) is 6.72. The Morgan fingerprint density at radius 1 is 1.22 bits per heavy atom. The number of thiophene rings is 1. The van der Waals surface area contributed by atoms with Crippen molar-refractivity contribution < 1.29 is 5.11 Å². The molecule has 0 amide bonds. The molecule has 0 bridgehead atoms. The SMILES string of the molecule is Oc1c(C=Nc2nnc(Br)s2)sc2ccccc12. The molecule has 7 heteroatoms. The van der Waals surface area contributed by atoms with Crippen molar-refractivity contribution in [3.05, 3.63) is 33.1 Å². The number of rotatable bonds is 2. The van der Waals surface area contributed by atoms with Gasteiger partial charge in [0, 0.05) is 10.1 Å². The molecule has 2 heterocycles. The predicted molar refractivity (Wildman–Crippen MR) is 78.4 cm³/mol. The van der Waals surface area contributed by atoms with Crippen LogP contribution in [-0.4, -0.2) is 21.5 Å². The zero-order chi connectivity index (χ0) is 12.5. The zero-order valence-corrected chi connectivity index (χ0v) is 12.1. The van der Waals surface area contributed by atoms with Crippen molar-refractivity contribution in [1.82, 2.24) is 10.2 Å². The van der Waals surface area contributed by atoms with Crippen LogP contribution in [0.3, 0.4) is 0 Å². The Balaban J connectivity index is 2.00. The van der Waals surface area contributed by atoms with E-state index in [0.29, 0.717) is 9.05 Å². The lowest BCUT2D eigenvalue weighted by Crippen LogP contribution is -1.73. The second kappa shape index (κ2) is 4.75. The molecular weight excluding hydrogens is 334 g/mol. The molecule has 1 aromatic carbocycles. The maximum Gasteiger partial charge on any atom is 0.232 e. The molecule has 1 N–H and O–H groups in total. The Labute approximate surface area is 119 Å². The number of hydrogen-bond acceptors (Lipinski definition) is 6. The van der Waals surface area contributed by atoms with Crippen molar-refractivity contribution in [3.8, 4) is 5.75 Å². The Bertz CT molecular complexity index is 735. The zero-order valence-electron chi connectivity index (χ0n) is 8.87. The van der Waals surface area contributed by atoms with E-state index in [1.807, 2.05) is 24.3 Å². The lowest BCUT2D eigenvalue weighted by molar-refractivity contribution is 0.483. The van der Waals surface area contributed by atoms with Gasteiger partial charge in [0.2, 0.25) is 5.13 Å². The highest BCUT2D eigenvalue weighted by Crippen LogP contribution is 2.35. The summed E-state index contributed by atoms with van der Waals surface area (Å²) in [6.45, 7) is 0. The molecule has 0 aliphatic heterocycles. The summed E-state index contributed by atoms with van der Waals surface area (Å²) in [7, 11) is 0. The molecule has 0 saturated carbocycles. The lowest BCUT2D eigenvalue weighted by atomic mass is 10.2. The van der Waals surface area contributed by atoms with Gasteiger partial charge in [-0.3, -0.25) is 0 Å². The molecule has 0 fully saturated rings. The van der Waals surface area contributed by atoms with Crippen LogP contribution in [0.25, 0.3) is 10.1 Å². The molecule has 0 saturated heterocycles. The quantitative estimate of drug-likeness (QED) is 0.718. The van der Waals surface area contributed by atoms with Gasteiger partial charge in [0.1, 0.15) is 5.75 Å². The maximum absolute atomic E-state index is 10.0. The monoisotopic (exact) mass is 339 g/mol. The molecular formula is C11H6BrN3OS2. The second-order valence-electron chi connectivity index (χ2n) is 3.41. The van der Waals surface area contributed by atoms with Crippen LogP contribution in [-0.2, 0) is 0 Å². The van der Waals surface area contributed by atoms with Crippen molar-refractivity contribution in [1.29, 1.82) is 0 Å². The molecule has 0 unspecified atom stereocenters. The number of halogens is 1. The van der Waals surface area contributed by atoms with E-state index in [4.69, 9.17) is 0 Å². The summed E-state index contributed by atoms with van der Waals surface area (Å²) in [5.74, 6) is 0.267. The molecule has 0 aliphatic carbocycles. The van der Waals surface area contributed by atoms with Gasteiger partial charge in [-0.15, -0.1) is 21.5 Å². The van der Waals surface area contributed by atoms with Crippen molar-refractivity contribution in [2.24, 2.45) is 4.99 Å². The van der Waals surface area contributed by atoms with Crippen LogP contribution in [0.15, 0.2) is 33.2 Å². The highest BCUT2D eigenvalue weighted by Gasteiger charge is 2.08. The van der Waals surface area contributed by atoms with E-state index in [1.54, 1.807) is 6.21 Å². The Hall–Kier alpha value is -1.31. The number of aromatic hydroxyl groups is 1. The third kappa shape index (κ3) is 2.16. The molecule has 0 atom stereocenters. The van der Waals surface area contributed by atoms with E-state index in [1.165, 1.54) is 22.7 Å². The summed E-state index contributed by atoms with van der Waals surface area (Å²) in [6, 6.07) is 7.71. The van der Waals surface area contributed by atoms with Crippen LogP contribution in [0.1, 0.15) is 4.88 Å². The van der Waals surface area contributed by atoms with E-state index in [9.17, 15) is 5.11 Å². The number of nitrogens with zero attached hydrogens (tertiary/aromatic N) is 3. The van der Waals surface area contributed by atoms with Gasteiger partial charge in [-0.05, 0) is 28.1 Å². The third-order valence-corrected chi connectivity index (χ3v) is 4.64. The van der Waals surface area contributed by atoms with Crippen molar-refractivity contribution in [2.45, 2.75) is 0 Å². The number of fused-ring (bicyclic) bond motifs is 1. The minimum Gasteiger partial charge on any atom is -0.506 e. The highest BCUT2D eigenvalue weighted by atomic mass is 79.9. The molecule has 3 rings (SSSR count). The fourth-order valence-corrected chi connectivity index (χ4v) is 3.41. The third-order valence-electron chi connectivity index (χ3n) is 2.28. The average Bonchev–Trinajstić information content (AvgIpc) is 2.92. The largest absolute Gasteiger partial charge is 0.506 e. The maximum atomic E-state index is 10.0. The van der Waals surface area contributed by atoms with Gasteiger partial charge in [0.15, 0.2) is 3.92 Å². The molecule has 0 radical (unpaired) electrons. The summed E-state index contributed by atoms with van der Waals surface area (Å²) < 4.78 is 1.73. The predicted octanol–water partition coefficient (Wildman–Crippen LogP) is 3.97. The van der Waals surface area contributed by atoms with Gasteiger partial charge >= 0.3 is 0 Å². The number of aliphatic imine (C=N–C) groups is 1. The van der Waals surface area contributed by atoms with E-state index in [-0.39, 0.29) is 5.75 Å². The van der Waals surface area contributed by atoms with E-state index >= 15 is 0 Å². The Kier molecular flexibility index (Phi) is 3.11. The molecule has 2 aromatic heterocycles. The molecule has 4 nitrogen and oxygen atoms in total. The van der Waals surface area contributed by atoms with E-state index < -0.39 is 0 Å². The summed E-state index contributed by atoms with van der Waals surface area (Å²) in [4.78, 5) is 4.92. The summed E-state index contributed by atoms with van der Waals surface area (Å²) in [5.41, 5.74) is 0. The summed E-state index contributed by atoms with van der Waals surface area (Å²) in [5, 5.41) is 19.1. The summed E-state index contributed by atoms with van der Waals surface area (Å²) in [6.07, 6.45) is 1.62. The average molecular weight is 340 g/mol. The molecule has 0 spiro atoms. The van der Waals surface area contributed by atoms with E-state index in [2.05, 4.69) is 31.1 Å². The van der Waals surface area contributed by atoms with Gasteiger partial charge in [0.05, 0.1) is 11.1 Å². The minimum absolute atomic E-state index is 0.267. The first kappa shape index (κ1) is 11.8. The first-order valence-corrected chi connectivity index (χ1v) is 7.40. The molecule has 0 aliphatic rings. The van der Waals surface area contributed by atoms with Gasteiger partial charge in [-0.2, -0.15) is 0 Å². The number of hydrogen-bond donors (Lipinski definition) is 1. The Morgan fingerprint density at radius 2 is 2.06 bits per heavy atom. The lowest BCUT2D eigenvalue weighted by Gasteiger charge is -1.89. The van der Waals surface area contributed by atoms with Crippen LogP contribution in [0.2, 0.25) is 0 Å². The van der Waals surface area contributed by atoms with E-state index in [0.717, 1.165) is 15.0 Å². The molecule has 90 valence electrons. The van der Waals surface area contributed by atoms with Crippen molar-refractivity contribution in [2.75, 3.05) is 0 Å². The highest BCUT2D eigenvalue weighted by molar-refractivity contribution is 9.11. The van der Waals surface area contributed by atoms with Crippen LogP contribution in [0, 0.1) is 0 Å². The van der Waals surface area contributed by atoms with Gasteiger partial charge in [-0.25, -0.2) is 4.99 Å². The normalized spacial score (nSPS) is 11.6. The fraction of sp³-hybridized carbons (Fsp3) is 0. The Morgan fingerprint density at radius 3 is 2.78 bits per heavy atom. The smallest absolute Gasteiger partial charge is 0.232 e. The topological polar surface area (TPSA) is 58.4 Å². The molecule has 18 heavy (non-hydrogen) atoms. The number of benzene rings is 1. The van der Waals surface area contributed by atoms with Gasteiger partial charge < -0.3 is 5.11 Å².